The van der Waals surface area contributed by atoms with Crippen LogP contribution in [-0.4, -0.2) is 74.2 Å². The number of anilines is 1. The summed E-state index contributed by atoms with van der Waals surface area (Å²) in [5.74, 6) is -1.06. The molecule has 2 atom stereocenters. The smallest absolute Gasteiger partial charge is 0.329 e. The topological polar surface area (TPSA) is 134 Å². The lowest BCUT2D eigenvalue weighted by Gasteiger charge is -2.25. The fraction of sp³-hybridized carbons (Fsp3) is 0.275. The van der Waals surface area contributed by atoms with Gasteiger partial charge in [0.1, 0.15) is 30.7 Å². The van der Waals surface area contributed by atoms with Crippen LogP contribution in [0, 0.1) is 6.92 Å². The Labute approximate surface area is 301 Å². The largest absolute Gasteiger partial charge is 0.459 e. The minimum absolute atomic E-state index is 0.00442. The number of sulfonamides is 1. The summed E-state index contributed by atoms with van der Waals surface area (Å²) in [6, 6.07) is 25.0. The number of likely N-dealkylation sites (tertiary alicyclic amines) is 1. The SMILES string of the molecule is CCC(=O)c1c(-c2ccc(C)cc2)oc2cc(N(CCF)S(C)(=O)=O)c(-c3cccc(C(=O)N4CC(O)C[C@H]4C(=O)OCc4ccccc4)c3)cc12. The minimum Gasteiger partial charge on any atom is -0.459 e. The molecule has 0 radical (unpaired) electrons. The molecule has 1 amide bonds. The van der Waals surface area contributed by atoms with Gasteiger partial charge in [-0.25, -0.2) is 17.6 Å². The maximum atomic E-state index is 14.0. The number of Topliss-reactive ketones (excluding diaryl/α,β-unsaturated/α-hetero) is 1. The Bertz CT molecular complexity index is 2240. The number of ether oxygens (including phenoxy) is 1. The van der Waals surface area contributed by atoms with Crippen molar-refractivity contribution in [2.75, 3.05) is 30.3 Å². The molecule has 270 valence electrons. The van der Waals surface area contributed by atoms with Crippen molar-refractivity contribution in [1.29, 1.82) is 0 Å². The zero-order chi connectivity index (χ0) is 37.2. The van der Waals surface area contributed by atoms with E-state index >= 15 is 0 Å². The number of hydrogen-bond acceptors (Lipinski definition) is 8. The fourth-order valence-corrected chi connectivity index (χ4v) is 7.45. The average Bonchev–Trinajstić information content (AvgIpc) is 3.72. The van der Waals surface area contributed by atoms with E-state index in [1.165, 1.54) is 11.0 Å². The van der Waals surface area contributed by atoms with Crippen LogP contribution in [0.5, 0.6) is 0 Å². The van der Waals surface area contributed by atoms with E-state index in [0.29, 0.717) is 33.4 Å². The lowest BCUT2D eigenvalue weighted by Crippen LogP contribution is -2.41. The molecule has 52 heavy (non-hydrogen) atoms. The van der Waals surface area contributed by atoms with Gasteiger partial charge in [0, 0.05) is 47.5 Å². The van der Waals surface area contributed by atoms with E-state index in [9.17, 15) is 32.3 Å². The number of nitrogens with zero attached hydrogens (tertiary/aromatic N) is 2. The third-order valence-electron chi connectivity index (χ3n) is 9.13. The summed E-state index contributed by atoms with van der Waals surface area (Å²) in [6.07, 6.45) is 0.198. The van der Waals surface area contributed by atoms with Crippen molar-refractivity contribution in [3.63, 3.8) is 0 Å². The summed E-state index contributed by atoms with van der Waals surface area (Å²) in [6.45, 7) is 2.12. The van der Waals surface area contributed by atoms with Gasteiger partial charge in [0.25, 0.3) is 5.91 Å². The second-order valence-corrected chi connectivity index (χ2v) is 14.8. The average molecular weight is 727 g/mol. The van der Waals surface area contributed by atoms with Crippen LogP contribution in [0.2, 0.25) is 0 Å². The molecule has 0 aliphatic carbocycles. The number of aryl methyl sites for hydroxylation is 1. The minimum atomic E-state index is -4.02. The number of amides is 1. The van der Waals surface area contributed by atoms with Gasteiger partial charge in [-0.15, -0.1) is 0 Å². The standard InChI is InChI=1S/C40H39FN2O8S/c1-4-35(45)37-32-21-31(33(43(18-17-41)52(3,48)49)22-36(32)51-38(37)27-15-13-25(2)14-16-27)28-11-8-12-29(19-28)39(46)42-23-30(44)20-34(42)40(47)50-24-26-9-6-5-7-10-26/h5-16,19,21-22,30,34,44H,4,17-18,20,23-24H2,1-3H3/t30?,34-/m0/s1. The van der Waals surface area contributed by atoms with Crippen molar-refractivity contribution in [3.8, 4) is 22.5 Å². The van der Waals surface area contributed by atoms with Crippen molar-refractivity contribution in [1.82, 2.24) is 4.90 Å². The van der Waals surface area contributed by atoms with E-state index in [0.717, 1.165) is 21.7 Å². The van der Waals surface area contributed by atoms with Crippen LogP contribution in [0.3, 0.4) is 0 Å². The number of aliphatic hydroxyl groups is 1. The van der Waals surface area contributed by atoms with Gasteiger partial charge < -0.3 is 19.2 Å². The molecule has 1 aromatic heterocycles. The lowest BCUT2D eigenvalue weighted by molar-refractivity contribution is -0.149. The van der Waals surface area contributed by atoms with E-state index in [-0.39, 0.29) is 48.6 Å². The summed E-state index contributed by atoms with van der Waals surface area (Å²) in [5, 5.41) is 10.9. The molecule has 5 aromatic rings. The van der Waals surface area contributed by atoms with Gasteiger partial charge in [-0.05, 0) is 36.2 Å². The second-order valence-electron chi connectivity index (χ2n) is 12.9. The van der Waals surface area contributed by atoms with Crippen molar-refractivity contribution >= 4 is 44.3 Å². The summed E-state index contributed by atoms with van der Waals surface area (Å²) < 4.78 is 52.8. The molecule has 0 saturated carbocycles. The third-order valence-corrected chi connectivity index (χ3v) is 10.3. The zero-order valence-electron chi connectivity index (χ0n) is 29.0. The number of rotatable bonds is 12. The summed E-state index contributed by atoms with van der Waals surface area (Å²) in [5.41, 5.74) is 3.95. The van der Waals surface area contributed by atoms with Crippen LogP contribution in [0.15, 0.2) is 95.4 Å². The molecule has 1 saturated heterocycles. The number of halogens is 1. The van der Waals surface area contributed by atoms with Gasteiger partial charge in [-0.2, -0.15) is 0 Å². The van der Waals surface area contributed by atoms with Gasteiger partial charge >= 0.3 is 5.97 Å². The molecule has 1 aliphatic rings. The molecule has 2 heterocycles. The number of carbonyl (C=O) groups is 3. The van der Waals surface area contributed by atoms with Crippen molar-refractivity contribution in [3.05, 3.63) is 113 Å². The summed E-state index contributed by atoms with van der Waals surface area (Å²) in [4.78, 5) is 41.9. The summed E-state index contributed by atoms with van der Waals surface area (Å²) in [7, 11) is -4.02. The molecule has 10 nitrogen and oxygen atoms in total. The Morgan fingerprint density at radius 1 is 0.981 bits per heavy atom. The highest BCUT2D eigenvalue weighted by atomic mass is 32.2. The van der Waals surface area contributed by atoms with Gasteiger partial charge in [0.05, 0.1) is 30.2 Å². The van der Waals surface area contributed by atoms with Crippen LogP contribution in [0.25, 0.3) is 33.4 Å². The Kier molecular flexibility index (Phi) is 10.6. The van der Waals surface area contributed by atoms with Crippen molar-refractivity contribution in [2.24, 2.45) is 0 Å². The molecule has 12 heteroatoms. The highest BCUT2D eigenvalue weighted by Gasteiger charge is 2.40. The van der Waals surface area contributed by atoms with E-state index < -0.39 is 47.3 Å². The molecule has 0 spiro atoms. The molecule has 4 aromatic carbocycles. The van der Waals surface area contributed by atoms with Crippen LogP contribution in [0.4, 0.5) is 10.1 Å². The molecule has 0 bridgehead atoms. The first-order chi connectivity index (χ1) is 24.9. The number of carbonyl (C=O) groups excluding carboxylic acids is 3. The van der Waals surface area contributed by atoms with Crippen molar-refractivity contribution in [2.45, 2.75) is 45.4 Å². The van der Waals surface area contributed by atoms with Crippen LogP contribution in [0.1, 0.15) is 51.6 Å². The van der Waals surface area contributed by atoms with Gasteiger partial charge in [-0.3, -0.25) is 13.9 Å². The van der Waals surface area contributed by atoms with Gasteiger partial charge in [0.2, 0.25) is 10.0 Å². The first kappa shape index (κ1) is 36.5. The molecule has 1 aliphatic heterocycles. The third kappa shape index (κ3) is 7.49. The first-order valence-corrected chi connectivity index (χ1v) is 18.8. The predicted octanol–water partition coefficient (Wildman–Crippen LogP) is 6.72. The second kappa shape index (κ2) is 15.1. The number of aliphatic hydroxyl groups excluding tert-OH is 1. The lowest BCUT2D eigenvalue weighted by atomic mass is 9.95. The van der Waals surface area contributed by atoms with E-state index in [1.807, 2.05) is 61.5 Å². The monoisotopic (exact) mass is 726 g/mol. The van der Waals surface area contributed by atoms with Crippen molar-refractivity contribution < 1.29 is 41.5 Å². The normalized spacial score (nSPS) is 15.9. The Hall–Kier alpha value is -5.33. The maximum Gasteiger partial charge on any atom is 0.329 e. The Morgan fingerprint density at radius 2 is 1.71 bits per heavy atom. The van der Waals surface area contributed by atoms with Gasteiger partial charge in [0.15, 0.2) is 5.78 Å². The predicted molar refractivity (Wildman–Crippen MR) is 196 cm³/mol. The Balaban J connectivity index is 1.45. The number of β-amino-alcohol motifs (C(OH)–C–C–N with tert-alkyl or cyclic N) is 1. The number of alkyl halides is 1. The number of furan rings is 1. The van der Waals surface area contributed by atoms with E-state index in [4.69, 9.17) is 9.15 Å². The number of esters is 1. The number of benzene rings is 4. The number of hydrogen-bond donors (Lipinski definition) is 1. The summed E-state index contributed by atoms with van der Waals surface area (Å²) >= 11 is 0. The molecule has 1 fully saturated rings. The molecule has 6 rings (SSSR count). The maximum absolute atomic E-state index is 14.0. The van der Waals surface area contributed by atoms with E-state index in [2.05, 4.69) is 0 Å². The molecular formula is C40H39FN2O8S. The first-order valence-electron chi connectivity index (χ1n) is 16.9. The van der Waals surface area contributed by atoms with Crippen LogP contribution in [-0.2, 0) is 26.2 Å². The highest BCUT2D eigenvalue weighted by Crippen LogP contribution is 2.42. The molecule has 1 N–H and O–H groups in total. The Morgan fingerprint density at radius 3 is 2.38 bits per heavy atom. The zero-order valence-corrected chi connectivity index (χ0v) is 29.9. The number of ketones is 1. The van der Waals surface area contributed by atoms with Crippen LogP contribution < -0.4 is 4.31 Å². The number of fused-ring (bicyclic) bond motifs is 1. The molecular weight excluding hydrogens is 688 g/mol. The fourth-order valence-electron chi connectivity index (χ4n) is 6.55. The quantitative estimate of drug-likeness (QED) is 0.111. The molecule has 1 unspecified atom stereocenters. The highest BCUT2D eigenvalue weighted by molar-refractivity contribution is 7.92. The van der Waals surface area contributed by atoms with Crippen LogP contribution >= 0.6 is 0 Å². The van der Waals surface area contributed by atoms with E-state index in [1.54, 1.807) is 37.3 Å². The van der Waals surface area contributed by atoms with Gasteiger partial charge in [-0.1, -0.05) is 79.2 Å².